The lowest BCUT2D eigenvalue weighted by Crippen LogP contribution is -2.21. The first-order valence-corrected chi connectivity index (χ1v) is 6.06. The SMILES string of the molecule is CCOCc1ccc(NC(C)C(C)C)cc1. The lowest BCUT2D eigenvalue weighted by molar-refractivity contribution is 0.134. The van der Waals surface area contributed by atoms with Crippen molar-refractivity contribution < 1.29 is 4.74 Å². The van der Waals surface area contributed by atoms with Gasteiger partial charge >= 0.3 is 0 Å². The first kappa shape index (κ1) is 13.0. The number of rotatable bonds is 6. The molecular formula is C14H23NO. The Morgan fingerprint density at radius 3 is 2.25 bits per heavy atom. The van der Waals surface area contributed by atoms with E-state index in [0.717, 1.165) is 6.61 Å². The molecule has 1 N–H and O–H groups in total. The molecule has 0 aliphatic heterocycles. The second-order valence-electron chi connectivity index (χ2n) is 4.51. The van der Waals surface area contributed by atoms with E-state index in [0.29, 0.717) is 18.6 Å². The Hall–Kier alpha value is -1.02. The molecule has 1 rings (SSSR count). The summed E-state index contributed by atoms with van der Waals surface area (Å²) in [5.41, 5.74) is 2.41. The third-order valence-electron chi connectivity index (χ3n) is 2.82. The Kier molecular flexibility index (Phi) is 5.33. The Morgan fingerprint density at radius 1 is 1.12 bits per heavy atom. The largest absolute Gasteiger partial charge is 0.382 e. The fourth-order valence-corrected chi connectivity index (χ4v) is 1.35. The molecule has 2 heteroatoms. The van der Waals surface area contributed by atoms with Crippen molar-refractivity contribution in [2.75, 3.05) is 11.9 Å². The Labute approximate surface area is 99.0 Å². The normalized spacial score (nSPS) is 12.8. The van der Waals surface area contributed by atoms with Gasteiger partial charge in [0.1, 0.15) is 0 Å². The molecule has 1 aromatic carbocycles. The second kappa shape index (κ2) is 6.54. The van der Waals surface area contributed by atoms with E-state index in [9.17, 15) is 0 Å². The number of anilines is 1. The van der Waals surface area contributed by atoms with Crippen LogP contribution < -0.4 is 5.32 Å². The van der Waals surface area contributed by atoms with Gasteiger partial charge in [0.15, 0.2) is 0 Å². The fourth-order valence-electron chi connectivity index (χ4n) is 1.35. The molecule has 0 aromatic heterocycles. The van der Waals surface area contributed by atoms with Crippen LogP contribution >= 0.6 is 0 Å². The van der Waals surface area contributed by atoms with Crippen LogP contribution in [0.4, 0.5) is 5.69 Å². The highest BCUT2D eigenvalue weighted by Gasteiger charge is 2.05. The minimum atomic E-state index is 0.498. The Morgan fingerprint density at radius 2 is 1.75 bits per heavy atom. The van der Waals surface area contributed by atoms with E-state index in [4.69, 9.17) is 4.74 Å². The maximum atomic E-state index is 5.36. The number of ether oxygens (including phenoxy) is 1. The minimum absolute atomic E-state index is 0.498. The lowest BCUT2D eigenvalue weighted by Gasteiger charge is -2.18. The molecular weight excluding hydrogens is 198 g/mol. The summed E-state index contributed by atoms with van der Waals surface area (Å²) in [5, 5.41) is 3.48. The van der Waals surface area contributed by atoms with E-state index in [-0.39, 0.29) is 0 Å². The molecule has 1 aromatic rings. The van der Waals surface area contributed by atoms with Crippen LogP contribution in [-0.4, -0.2) is 12.6 Å². The molecule has 0 radical (unpaired) electrons. The zero-order valence-corrected chi connectivity index (χ0v) is 10.8. The molecule has 0 aliphatic carbocycles. The predicted octanol–water partition coefficient (Wildman–Crippen LogP) is 3.68. The topological polar surface area (TPSA) is 21.3 Å². The lowest BCUT2D eigenvalue weighted by atomic mass is 10.1. The van der Waals surface area contributed by atoms with E-state index in [1.165, 1.54) is 11.3 Å². The molecule has 0 heterocycles. The summed E-state index contributed by atoms with van der Waals surface area (Å²) in [7, 11) is 0. The molecule has 0 aliphatic rings. The van der Waals surface area contributed by atoms with Crippen molar-refractivity contribution in [3.8, 4) is 0 Å². The van der Waals surface area contributed by atoms with Gasteiger partial charge in [-0.25, -0.2) is 0 Å². The fraction of sp³-hybridized carbons (Fsp3) is 0.571. The maximum absolute atomic E-state index is 5.36. The van der Waals surface area contributed by atoms with Gasteiger partial charge in [-0.05, 0) is 37.5 Å². The van der Waals surface area contributed by atoms with Gasteiger partial charge in [-0.1, -0.05) is 26.0 Å². The van der Waals surface area contributed by atoms with Crippen molar-refractivity contribution in [3.63, 3.8) is 0 Å². The van der Waals surface area contributed by atoms with Crippen LogP contribution in [0, 0.1) is 5.92 Å². The first-order valence-electron chi connectivity index (χ1n) is 6.06. The van der Waals surface area contributed by atoms with E-state index in [1.54, 1.807) is 0 Å². The van der Waals surface area contributed by atoms with Gasteiger partial charge in [-0.15, -0.1) is 0 Å². The van der Waals surface area contributed by atoms with Gasteiger partial charge in [-0.2, -0.15) is 0 Å². The number of hydrogen-bond donors (Lipinski definition) is 1. The quantitative estimate of drug-likeness (QED) is 0.791. The smallest absolute Gasteiger partial charge is 0.0716 e. The molecule has 16 heavy (non-hydrogen) atoms. The van der Waals surface area contributed by atoms with Crippen molar-refractivity contribution in [2.24, 2.45) is 5.92 Å². The highest BCUT2D eigenvalue weighted by atomic mass is 16.5. The van der Waals surface area contributed by atoms with Crippen LogP contribution in [0.3, 0.4) is 0 Å². The molecule has 1 unspecified atom stereocenters. The molecule has 0 bridgehead atoms. The highest BCUT2D eigenvalue weighted by molar-refractivity contribution is 5.45. The number of hydrogen-bond acceptors (Lipinski definition) is 2. The van der Waals surface area contributed by atoms with Crippen molar-refractivity contribution in [2.45, 2.75) is 40.3 Å². The summed E-state index contributed by atoms with van der Waals surface area (Å²) >= 11 is 0. The molecule has 0 amide bonds. The van der Waals surface area contributed by atoms with Crippen LogP contribution in [0.2, 0.25) is 0 Å². The van der Waals surface area contributed by atoms with Crippen LogP contribution in [0.15, 0.2) is 24.3 Å². The van der Waals surface area contributed by atoms with Crippen LogP contribution in [0.5, 0.6) is 0 Å². The van der Waals surface area contributed by atoms with Gasteiger partial charge in [0, 0.05) is 18.3 Å². The van der Waals surface area contributed by atoms with Crippen LogP contribution in [0.1, 0.15) is 33.3 Å². The van der Waals surface area contributed by atoms with E-state index < -0.39 is 0 Å². The number of nitrogens with one attached hydrogen (secondary N) is 1. The van der Waals surface area contributed by atoms with Gasteiger partial charge in [0.05, 0.1) is 6.61 Å². The van der Waals surface area contributed by atoms with Crippen LogP contribution in [0.25, 0.3) is 0 Å². The zero-order chi connectivity index (χ0) is 12.0. The Bertz CT molecular complexity index is 292. The number of benzene rings is 1. The summed E-state index contributed by atoms with van der Waals surface area (Å²) in [5.74, 6) is 0.642. The zero-order valence-electron chi connectivity index (χ0n) is 10.8. The van der Waals surface area contributed by atoms with Crippen molar-refractivity contribution in [3.05, 3.63) is 29.8 Å². The standard InChI is InChI=1S/C14H23NO/c1-5-16-10-13-6-8-14(9-7-13)15-12(4)11(2)3/h6-9,11-12,15H,5,10H2,1-4H3. The van der Waals surface area contributed by atoms with Crippen molar-refractivity contribution in [1.82, 2.24) is 0 Å². The minimum Gasteiger partial charge on any atom is -0.382 e. The van der Waals surface area contributed by atoms with Crippen molar-refractivity contribution >= 4 is 5.69 Å². The maximum Gasteiger partial charge on any atom is 0.0716 e. The van der Waals surface area contributed by atoms with Gasteiger partial charge in [0.2, 0.25) is 0 Å². The molecule has 0 saturated heterocycles. The van der Waals surface area contributed by atoms with Gasteiger partial charge in [-0.3, -0.25) is 0 Å². The predicted molar refractivity (Wildman–Crippen MR) is 69.7 cm³/mol. The van der Waals surface area contributed by atoms with Crippen LogP contribution in [-0.2, 0) is 11.3 Å². The van der Waals surface area contributed by atoms with E-state index >= 15 is 0 Å². The molecule has 0 saturated carbocycles. The molecule has 2 nitrogen and oxygen atoms in total. The van der Waals surface area contributed by atoms with E-state index in [1.807, 2.05) is 6.92 Å². The average molecular weight is 221 g/mol. The summed E-state index contributed by atoms with van der Waals surface area (Å²) in [6.45, 7) is 10.1. The van der Waals surface area contributed by atoms with E-state index in [2.05, 4.69) is 50.4 Å². The third kappa shape index (κ3) is 4.23. The molecule has 0 fully saturated rings. The monoisotopic (exact) mass is 221 g/mol. The average Bonchev–Trinajstić information content (AvgIpc) is 2.28. The molecule has 1 atom stereocenters. The molecule has 90 valence electrons. The highest BCUT2D eigenvalue weighted by Crippen LogP contribution is 2.14. The second-order valence-corrected chi connectivity index (χ2v) is 4.51. The van der Waals surface area contributed by atoms with Crippen molar-refractivity contribution in [1.29, 1.82) is 0 Å². The third-order valence-corrected chi connectivity index (χ3v) is 2.82. The van der Waals surface area contributed by atoms with Gasteiger partial charge in [0.25, 0.3) is 0 Å². The summed E-state index contributed by atoms with van der Waals surface area (Å²) in [4.78, 5) is 0. The summed E-state index contributed by atoms with van der Waals surface area (Å²) in [6, 6.07) is 8.97. The Balaban J connectivity index is 2.51. The summed E-state index contributed by atoms with van der Waals surface area (Å²) < 4.78 is 5.36. The summed E-state index contributed by atoms with van der Waals surface area (Å²) in [6.07, 6.45) is 0. The van der Waals surface area contributed by atoms with Gasteiger partial charge < -0.3 is 10.1 Å². The molecule has 0 spiro atoms. The first-order chi connectivity index (χ1) is 7.63.